The number of hydrogen-bond acceptors (Lipinski definition) is 5. The number of nitrogens with one attached hydrogen (secondary N) is 1. The highest BCUT2D eigenvalue weighted by Gasteiger charge is 2.25. The van der Waals surface area contributed by atoms with Gasteiger partial charge in [0.05, 0.1) is 0 Å². The first-order chi connectivity index (χ1) is 11.0. The van der Waals surface area contributed by atoms with Gasteiger partial charge in [-0.25, -0.2) is 13.4 Å². The van der Waals surface area contributed by atoms with E-state index >= 15 is 0 Å². The summed E-state index contributed by atoms with van der Waals surface area (Å²) >= 11 is 0. The zero-order valence-electron chi connectivity index (χ0n) is 13.4. The summed E-state index contributed by atoms with van der Waals surface area (Å²) in [4.78, 5) is 6.76. The number of para-hydroxylation sites is 1. The zero-order chi connectivity index (χ0) is 16.4. The van der Waals surface area contributed by atoms with Crippen molar-refractivity contribution < 1.29 is 8.42 Å². The second-order valence-electron chi connectivity index (χ2n) is 5.92. The molecule has 1 aromatic heterocycles. The topological polar surface area (TPSA) is 62.3 Å². The molecule has 0 saturated heterocycles. The van der Waals surface area contributed by atoms with Crippen LogP contribution in [0.2, 0.25) is 0 Å². The van der Waals surface area contributed by atoms with Gasteiger partial charge in [0.15, 0.2) is 9.84 Å². The zero-order valence-corrected chi connectivity index (χ0v) is 14.2. The lowest BCUT2D eigenvalue weighted by Crippen LogP contribution is -2.34. The van der Waals surface area contributed by atoms with E-state index < -0.39 is 9.84 Å². The van der Waals surface area contributed by atoms with Gasteiger partial charge >= 0.3 is 0 Å². The number of pyridine rings is 1. The second kappa shape index (κ2) is 6.20. The monoisotopic (exact) mass is 331 g/mol. The van der Waals surface area contributed by atoms with Gasteiger partial charge in [-0.2, -0.15) is 0 Å². The predicted octanol–water partition coefficient (Wildman–Crippen LogP) is 2.35. The number of benzene rings is 1. The molecule has 0 amide bonds. The van der Waals surface area contributed by atoms with Gasteiger partial charge in [0.1, 0.15) is 10.7 Å². The molecular formula is C17H21N3O2S. The fraction of sp³-hybridized carbons (Fsp3) is 0.353. The molecule has 0 saturated carbocycles. The summed E-state index contributed by atoms with van der Waals surface area (Å²) in [6.07, 6.45) is 3.85. The maximum Gasteiger partial charge on any atom is 0.179 e. The molecule has 23 heavy (non-hydrogen) atoms. The van der Waals surface area contributed by atoms with Crippen molar-refractivity contribution in [2.75, 3.05) is 29.6 Å². The summed E-state index contributed by atoms with van der Waals surface area (Å²) in [5, 5.41) is 3.17. The van der Waals surface area contributed by atoms with E-state index in [9.17, 15) is 8.42 Å². The van der Waals surface area contributed by atoms with Crippen molar-refractivity contribution in [3.8, 4) is 0 Å². The molecule has 1 atom stereocenters. The third-order valence-corrected chi connectivity index (χ3v) is 5.29. The third-order valence-electron chi connectivity index (χ3n) is 4.16. The lowest BCUT2D eigenvalue weighted by Gasteiger charge is -2.25. The molecule has 0 bridgehead atoms. The molecular weight excluding hydrogens is 310 g/mol. The van der Waals surface area contributed by atoms with Gasteiger partial charge in [-0.15, -0.1) is 0 Å². The maximum atomic E-state index is 11.8. The van der Waals surface area contributed by atoms with Gasteiger partial charge in [0.25, 0.3) is 0 Å². The minimum atomic E-state index is -3.28. The molecule has 1 aliphatic rings. The summed E-state index contributed by atoms with van der Waals surface area (Å²) in [5.41, 5.74) is 2.64. The second-order valence-corrected chi connectivity index (χ2v) is 7.91. The molecule has 1 aliphatic heterocycles. The van der Waals surface area contributed by atoms with Gasteiger partial charge in [0.2, 0.25) is 0 Å². The van der Waals surface area contributed by atoms with Crippen LogP contribution < -0.4 is 10.2 Å². The van der Waals surface area contributed by atoms with E-state index in [1.54, 1.807) is 18.3 Å². The van der Waals surface area contributed by atoms with Crippen molar-refractivity contribution in [1.82, 2.24) is 4.98 Å². The highest BCUT2D eigenvalue weighted by Crippen LogP contribution is 2.31. The Morgan fingerprint density at radius 2 is 2.04 bits per heavy atom. The van der Waals surface area contributed by atoms with Crippen molar-refractivity contribution in [3.63, 3.8) is 0 Å². The molecule has 122 valence electrons. The molecule has 0 fully saturated rings. The molecule has 2 heterocycles. The van der Waals surface area contributed by atoms with Crippen molar-refractivity contribution in [2.45, 2.75) is 24.3 Å². The fourth-order valence-corrected chi connectivity index (χ4v) is 3.89. The minimum Gasteiger partial charge on any atom is -0.367 e. The molecule has 1 N–H and O–H groups in total. The number of fused-ring (bicyclic) bond motifs is 1. The summed E-state index contributed by atoms with van der Waals surface area (Å²) in [5.74, 6) is 0.426. The van der Waals surface area contributed by atoms with Crippen molar-refractivity contribution in [2.24, 2.45) is 0 Å². The van der Waals surface area contributed by atoms with Gasteiger partial charge in [0, 0.05) is 37.3 Å². The molecule has 1 unspecified atom stereocenters. The van der Waals surface area contributed by atoms with E-state index in [2.05, 4.69) is 46.4 Å². The molecule has 0 aliphatic carbocycles. The Kier molecular flexibility index (Phi) is 4.26. The van der Waals surface area contributed by atoms with E-state index in [4.69, 9.17) is 0 Å². The van der Waals surface area contributed by atoms with Crippen molar-refractivity contribution in [3.05, 3.63) is 48.2 Å². The van der Waals surface area contributed by atoms with Crippen LogP contribution in [0.1, 0.15) is 12.5 Å². The Balaban J connectivity index is 1.70. The van der Waals surface area contributed by atoms with Crippen LogP contribution in [0, 0.1) is 0 Å². The Labute approximate surface area is 137 Å². The number of hydrogen-bond donors (Lipinski definition) is 1. The lowest BCUT2D eigenvalue weighted by molar-refractivity contribution is 0.601. The van der Waals surface area contributed by atoms with Crippen LogP contribution in [-0.4, -0.2) is 38.8 Å². The van der Waals surface area contributed by atoms with E-state index in [1.165, 1.54) is 17.5 Å². The Hall–Kier alpha value is -2.08. The highest BCUT2D eigenvalue weighted by molar-refractivity contribution is 7.90. The number of anilines is 2. The number of rotatable bonds is 5. The molecule has 3 rings (SSSR count). The fourth-order valence-electron chi connectivity index (χ4n) is 3.09. The smallest absolute Gasteiger partial charge is 0.179 e. The lowest BCUT2D eigenvalue weighted by atomic mass is 10.1. The molecule has 2 aromatic rings. The predicted molar refractivity (Wildman–Crippen MR) is 92.8 cm³/mol. The summed E-state index contributed by atoms with van der Waals surface area (Å²) in [7, 11) is -3.28. The Morgan fingerprint density at radius 1 is 1.26 bits per heavy atom. The Morgan fingerprint density at radius 3 is 2.83 bits per heavy atom. The third kappa shape index (κ3) is 3.32. The average molecular weight is 331 g/mol. The number of aromatic nitrogens is 1. The van der Waals surface area contributed by atoms with E-state index in [0.29, 0.717) is 18.4 Å². The van der Waals surface area contributed by atoms with Crippen molar-refractivity contribution in [1.29, 1.82) is 0 Å². The molecule has 1 aromatic carbocycles. The van der Waals surface area contributed by atoms with Gasteiger partial charge in [-0.05, 0) is 37.1 Å². The highest BCUT2D eigenvalue weighted by atomic mass is 32.2. The average Bonchev–Trinajstić information content (AvgIpc) is 2.83. The molecule has 6 heteroatoms. The Bertz CT molecular complexity index is 805. The largest absolute Gasteiger partial charge is 0.367 e. The van der Waals surface area contributed by atoms with Crippen LogP contribution in [0.4, 0.5) is 11.5 Å². The first-order valence-corrected chi connectivity index (χ1v) is 9.59. The van der Waals surface area contributed by atoms with Crippen LogP contribution in [-0.2, 0) is 16.3 Å². The van der Waals surface area contributed by atoms with E-state index in [-0.39, 0.29) is 4.90 Å². The quantitative estimate of drug-likeness (QED) is 0.911. The molecule has 0 spiro atoms. The molecule has 0 radical (unpaired) electrons. The van der Waals surface area contributed by atoms with Crippen LogP contribution in [0.25, 0.3) is 0 Å². The van der Waals surface area contributed by atoms with Crippen LogP contribution in [0.15, 0.2) is 47.5 Å². The van der Waals surface area contributed by atoms with E-state index in [0.717, 1.165) is 13.0 Å². The van der Waals surface area contributed by atoms with Crippen LogP contribution >= 0.6 is 0 Å². The summed E-state index contributed by atoms with van der Waals surface area (Å²) < 4.78 is 23.6. The number of sulfone groups is 1. The van der Waals surface area contributed by atoms with Crippen LogP contribution in [0.3, 0.4) is 0 Å². The van der Waals surface area contributed by atoms with E-state index in [1.807, 2.05) is 0 Å². The first-order valence-electron chi connectivity index (χ1n) is 7.70. The molecule has 5 nitrogen and oxygen atoms in total. The summed E-state index contributed by atoms with van der Waals surface area (Å²) in [6, 6.07) is 12.1. The number of nitrogens with zero attached hydrogens (tertiary/aromatic N) is 2. The summed E-state index contributed by atoms with van der Waals surface area (Å²) in [6.45, 7) is 3.65. The van der Waals surface area contributed by atoms with Gasteiger partial charge < -0.3 is 10.2 Å². The minimum absolute atomic E-state index is 0.245. The maximum absolute atomic E-state index is 11.8. The normalized spacial score (nSPS) is 17.1. The standard InChI is InChI=1S/C17H21N3O2S/c1-13-12-14-6-3-4-7-15(14)20(13)11-10-19-17-16(23(2,21)22)8-5-9-18-17/h3-9,13H,10-12H2,1-2H3,(H,18,19). The van der Waals surface area contributed by atoms with Gasteiger partial charge in [-0.3, -0.25) is 0 Å². The first kappa shape index (κ1) is 15.8. The van der Waals surface area contributed by atoms with Crippen LogP contribution in [0.5, 0.6) is 0 Å². The van der Waals surface area contributed by atoms with Crippen molar-refractivity contribution >= 4 is 21.3 Å². The van der Waals surface area contributed by atoms with Gasteiger partial charge in [-0.1, -0.05) is 18.2 Å². The SMILES string of the molecule is CC1Cc2ccccc2N1CCNc1ncccc1S(C)(=O)=O.